The van der Waals surface area contributed by atoms with E-state index in [2.05, 4.69) is 31.4 Å². The summed E-state index contributed by atoms with van der Waals surface area (Å²) in [6.45, 7) is 12.0. The smallest absolute Gasteiger partial charge is 0.251 e. The standard InChI is InChI=1S/C24H37N3O3/c1-6-12-25-23(30)21(26-22(29)19-9-7-8-17(2)15-19)18-10-13-27(14-11-18)20(28)16-24(3,4)5/h7-9,15,18,21H,6,10-14,16H2,1-5H3,(H,25,30)(H,26,29). The zero-order valence-corrected chi connectivity index (χ0v) is 19.1. The van der Waals surface area contributed by atoms with Gasteiger partial charge < -0.3 is 15.5 Å². The summed E-state index contributed by atoms with van der Waals surface area (Å²) in [6.07, 6.45) is 2.76. The highest BCUT2D eigenvalue weighted by Crippen LogP contribution is 2.25. The van der Waals surface area contributed by atoms with Gasteiger partial charge in [0.05, 0.1) is 0 Å². The van der Waals surface area contributed by atoms with Gasteiger partial charge in [0.2, 0.25) is 11.8 Å². The predicted molar refractivity (Wildman–Crippen MR) is 119 cm³/mol. The number of aryl methyl sites for hydroxylation is 1. The number of carbonyl (C=O) groups excluding carboxylic acids is 3. The molecule has 166 valence electrons. The van der Waals surface area contributed by atoms with E-state index in [-0.39, 0.29) is 29.1 Å². The maximum absolute atomic E-state index is 12.8. The molecule has 0 aromatic heterocycles. The van der Waals surface area contributed by atoms with E-state index in [9.17, 15) is 14.4 Å². The van der Waals surface area contributed by atoms with Crippen LogP contribution in [0.1, 0.15) is 69.3 Å². The van der Waals surface area contributed by atoms with Crippen molar-refractivity contribution >= 4 is 17.7 Å². The molecule has 2 rings (SSSR count). The summed E-state index contributed by atoms with van der Waals surface area (Å²) in [7, 11) is 0. The fourth-order valence-electron chi connectivity index (χ4n) is 3.81. The second-order valence-electron chi connectivity index (χ2n) is 9.57. The van der Waals surface area contributed by atoms with E-state index in [1.54, 1.807) is 6.07 Å². The van der Waals surface area contributed by atoms with Crippen molar-refractivity contribution in [3.63, 3.8) is 0 Å². The number of carbonyl (C=O) groups is 3. The molecule has 0 bridgehead atoms. The lowest BCUT2D eigenvalue weighted by molar-refractivity contribution is -0.134. The molecule has 1 aromatic carbocycles. The van der Waals surface area contributed by atoms with Crippen molar-refractivity contribution < 1.29 is 14.4 Å². The van der Waals surface area contributed by atoms with Gasteiger partial charge in [0.1, 0.15) is 6.04 Å². The Bertz CT molecular complexity index is 746. The third kappa shape index (κ3) is 7.15. The number of amides is 3. The van der Waals surface area contributed by atoms with Gasteiger partial charge in [0, 0.05) is 31.6 Å². The van der Waals surface area contributed by atoms with Gasteiger partial charge in [-0.3, -0.25) is 14.4 Å². The molecule has 0 radical (unpaired) electrons. The average molecular weight is 416 g/mol. The normalized spacial score (nSPS) is 16.1. The molecule has 0 saturated carbocycles. The molecule has 3 amide bonds. The van der Waals surface area contributed by atoms with Crippen molar-refractivity contribution in [2.45, 2.75) is 66.3 Å². The Morgan fingerprint density at radius 2 is 1.83 bits per heavy atom. The highest BCUT2D eigenvalue weighted by Gasteiger charge is 2.34. The van der Waals surface area contributed by atoms with E-state index in [1.807, 2.05) is 36.9 Å². The second-order valence-corrected chi connectivity index (χ2v) is 9.57. The number of likely N-dealkylation sites (tertiary alicyclic amines) is 1. The molecule has 0 aliphatic carbocycles. The van der Waals surface area contributed by atoms with Crippen LogP contribution in [-0.4, -0.2) is 48.3 Å². The number of hydrogen-bond acceptors (Lipinski definition) is 3. The summed E-state index contributed by atoms with van der Waals surface area (Å²) in [6, 6.07) is 6.77. The highest BCUT2D eigenvalue weighted by molar-refractivity contribution is 5.97. The van der Waals surface area contributed by atoms with Crippen molar-refractivity contribution in [1.29, 1.82) is 0 Å². The zero-order chi connectivity index (χ0) is 22.3. The molecule has 6 heteroatoms. The van der Waals surface area contributed by atoms with Gasteiger partial charge in [-0.25, -0.2) is 0 Å². The first-order valence-corrected chi connectivity index (χ1v) is 11.0. The molecule has 1 atom stereocenters. The predicted octanol–water partition coefficient (Wildman–Crippen LogP) is 3.29. The van der Waals surface area contributed by atoms with Gasteiger partial charge in [0.25, 0.3) is 5.91 Å². The van der Waals surface area contributed by atoms with Crippen LogP contribution in [-0.2, 0) is 9.59 Å². The van der Waals surface area contributed by atoms with Crippen molar-refractivity contribution in [3.05, 3.63) is 35.4 Å². The van der Waals surface area contributed by atoms with Crippen LogP contribution in [0.3, 0.4) is 0 Å². The topological polar surface area (TPSA) is 78.5 Å². The quantitative estimate of drug-likeness (QED) is 0.717. The van der Waals surface area contributed by atoms with Gasteiger partial charge in [-0.1, -0.05) is 45.4 Å². The third-order valence-corrected chi connectivity index (χ3v) is 5.44. The Morgan fingerprint density at radius 3 is 2.40 bits per heavy atom. The van der Waals surface area contributed by atoms with Crippen LogP contribution in [0.5, 0.6) is 0 Å². The van der Waals surface area contributed by atoms with Crippen LogP contribution in [0.15, 0.2) is 24.3 Å². The minimum atomic E-state index is -0.593. The number of hydrogen-bond donors (Lipinski definition) is 2. The molecule has 1 aliphatic rings. The molecule has 1 heterocycles. The minimum absolute atomic E-state index is 0.00861. The molecule has 6 nitrogen and oxygen atoms in total. The molecule has 1 aromatic rings. The Balaban J connectivity index is 2.06. The van der Waals surface area contributed by atoms with E-state index in [0.29, 0.717) is 44.5 Å². The zero-order valence-electron chi connectivity index (χ0n) is 19.1. The SMILES string of the molecule is CCCNC(=O)C(NC(=O)c1cccc(C)c1)C1CCN(C(=O)CC(C)(C)C)CC1. The molecule has 2 N–H and O–H groups in total. The lowest BCUT2D eigenvalue weighted by Gasteiger charge is -2.36. The first-order valence-electron chi connectivity index (χ1n) is 11.0. The summed E-state index contributed by atoms with van der Waals surface area (Å²) in [5.74, 6) is -0.204. The number of nitrogens with zero attached hydrogens (tertiary/aromatic N) is 1. The largest absolute Gasteiger partial charge is 0.354 e. The summed E-state index contributed by atoms with van der Waals surface area (Å²) in [5, 5.41) is 5.90. The second kappa shape index (κ2) is 10.6. The van der Waals surface area contributed by atoms with Crippen LogP contribution >= 0.6 is 0 Å². The number of benzene rings is 1. The van der Waals surface area contributed by atoms with Crippen LogP contribution < -0.4 is 10.6 Å². The van der Waals surface area contributed by atoms with E-state index in [0.717, 1.165) is 12.0 Å². The van der Waals surface area contributed by atoms with Crippen LogP contribution in [0, 0.1) is 18.3 Å². The van der Waals surface area contributed by atoms with Gasteiger partial charge in [-0.05, 0) is 49.7 Å². The van der Waals surface area contributed by atoms with E-state index in [4.69, 9.17) is 0 Å². The van der Waals surface area contributed by atoms with Crippen LogP contribution in [0.25, 0.3) is 0 Å². The van der Waals surface area contributed by atoms with Gasteiger partial charge in [-0.2, -0.15) is 0 Å². The molecule has 30 heavy (non-hydrogen) atoms. The molecular weight excluding hydrogens is 378 g/mol. The van der Waals surface area contributed by atoms with Gasteiger partial charge >= 0.3 is 0 Å². The first-order chi connectivity index (χ1) is 14.1. The summed E-state index contributed by atoms with van der Waals surface area (Å²) in [4.78, 5) is 40.1. The van der Waals surface area contributed by atoms with E-state index >= 15 is 0 Å². The van der Waals surface area contributed by atoms with Crippen LogP contribution in [0.4, 0.5) is 0 Å². The molecular formula is C24H37N3O3. The molecule has 0 spiro atoms. The van der Waals surface area contributed by atoms with Gasteiger partial charge in [0.15, 0.2) is 0 Å². The highest BCUT2D eigenvalue weighted by atomic mass is 16.2. The van der Waals surface area contributed by atoms with Crippen molar-refractivity contribution in [3.8, 4) is 0 Å². The summed E-state index contributed by atoms with van der Waals surface area (Å²) in [5.41, 5.74) is 1.51. The third-order valence-electron chi connectivity index (χ3n) is 5.44. The number of nitrogens with one attached hydrogen (secondary N) is 2. The first kappa shape index (κ1) is 23.9. The summed E-state index contributed by atoms with van der Waals surface area (Å²) >= 11 is 0. The minimum Gasteiger partial charge on any atom is -0.354 e. The fraction of sp³-hybridized carbons (Fsp3) is 0.625. The monoisotopic (exact) mass is 415 g/mol. The van der Waals surface area contributed by atoms with Crippen molar-refractivity contribution in [1.82, 2.24) is 15.5 Å². The van der Waals surface area contributed by atoms with Crippen molar-refractivity contribution in [2.75, 3.05) is 19.6 Å². The number of piperidine rings is 1. The lowest BCUT2D eigenvalue weighted by atomic mass is 9.87. The lowest BCUT2D eigenvalue weighted by Crippen LogP contribution is -2.54. The Kier molecular flexibility index (Phi) is 8.44. The van der Waals surface area contributed by atoms with E-state index < -0.39 is 6.04 Å². The van der Waals surface area contributed by atoms with Crippen LogP contribution in [0.2, 0.25) is 0 Å². The Hall–Kier alpha value is -2.37. The Labute approximate surface area is 180 Å². The Morgan fingerprint density at radius 1 is 1.17 bits per heavy atom. The maximum atomic E-state index is 12.8. The van der Waals surface area contributed by atoms with E-state index in [1.165, 1.54) is 0 Å². The molecule has 1 fully saturated rings. The van der Waals surface area contributed by atoms with Crippen molar-refractivity contribution in [2.24, 2.45) is 11.3 Å². The average Bonchev–Trinajstić information content (AvgIpc) is 2.69. The molecule has 1 aliphatic heterocycles. The fourth-order valence-corrected chi connectivity index (χ4v) is 3.81. The summed E-state index contributed by atoms with van der Waals surface area (Å²) < 4.78 is 0. The number of rotatable bonds is 7. The maximum Gasteiger partial charge on any atom is 0.251 e. The molecule has 1 unspecified atom stereocenters. The van der Waals surface area contributed by atoms with Gasteiger partial charge in [-0.15, -0.1) is 0 Å². The molecule has 1 saturated heterocycles.